The highest BCUT2D eigenvalue weighted by atomic mass is 31.2. The smallest absolute Gasteiger partial charge is 0.330 e. The molecule has 1 aliphatic rings. The lowest BCUT2D eigenvalue weighted by Gasteiger charge is -2.43. The molecule has 0 amide bonds. The summed E-state index contributed by atoms with van der Waals surface area (Å²) in [5.41, 5.74) is -1.03. The van der Waals surface area contributed by atoms with Crippen LogP contribution in [0.3, 0.4) is 0 Å². The second-order valence-electron chi connectivity index (χ2n) is 12.3. The summed E-state index contributed by atoms with van der Waals surface area (Å²) >= 11 is 0. The fraction of sp³-hybridized carbons (Fsp3) is 0.857. The first-order chi connectivity index (χ1) is 19.2. The number of aromatic amines is 1. The summed E-state index contributed by atoms with van der Waals surface area (Å²) in [4.78, 5) is 52.1. The van der Waals surface area contributed by atoms with E-state index < -0.39 is 51.4 Å². The number of aryl methyl sites for hydroxylation is 1. The Labute approximate surface area is 253 Å². The van der Waals surface area contributed by atoms with E-state index in [1.807, 2.05) is 33.9 Å². The highest BCUT2D eigenvalue weighted by Gasteiger charge is 2.48. The molecular weight excluding hydrogens is 579 g/mol. The Morgan fingerprint density at radius 1 is 1.05 bits per heavy atom. The zero-order chi connectivity index (χ0) is 33.1. The molecule has 0 aromatic carbocycles. The molecule has 1 aliphatic heterocycles. The SMILES string of the molecule is CC[NH+](CC)CC.CC[NH+](CC)CC.Cc1cn([C@H]2C[C@H](O[Si](C)(C)C(C)(C)C)[C@@H](C(O)P(=O)([O-])[O-])O2)c(=O)[nH]c1=O. The van der Waals surface area contributed by atoms with Gasteiger partial charge >= 0.3 is 5.69 Å². The average Bonchev–Trinajstić information content (AvgIpc) is 3.29. The quantitative estimate of drug-likeness (QED) is 0.188. The summed E-state index contributed by atoms with van der Waals surface area (Å²) in [6.07, 6.45) is -2.02. The van der Waals surface area contributed by atoms with Gasteiger partial charge in [0.2, 0.25) is 0 Å². The molecule has 4 atom stereocenters. The van der Waals surface area contributed by atoms with Gasteiger partial charge in [0.15, 0.2) is 8.32 Å². The van der Waals surface area contributed by atoms with Crippen molar-refractivity contribution in [1.29, 1.82) is 0 Å². The van der Waals surface area contributed by atoms with Crippen LogP contribution in [0, 0.1) is 6.92 Å². The van der Waals surface area contributed by atoms with Crippen LogP contribution in [0.15, 0.2) is 15.8 Å². The molecule has 1 aromatic heterocycles. The van der Waals surface area contributed by atoms with Gasteiger partial charge in [0.1, 0.15) is 18.2 Å². The van der Waals surface area contributed by atoms with Crippen molar-refractivity contribution in [3.63, 3.8) is 0 Å². The number of aliphatic hydroxyl groups is 1. The molecule has 0 radical (unpaired) electrons. The first-order valence-electron chi connectivity index (χ1n) is 15.3. The molecular formula is C28H59N4O8PSi. The van der Waals surface area contributed by atoms with Crippen LogP contribution in [-0.4, -0.2) is 80.3 Å². The van der Waals surface area contributed by atoms with Crippen LogP contribution in [0.25, 0.3) is 0 Å². The van der Waals surface area contributed by atoms with E-state index in [0.717, 1.165) is 4.57 Å². The summed E-state index contributed by atoms with van der Waals surface area (Å²) in [5, 5.41) is 9.85. The van der Waals surface area contributed by atoms with Gasteiger partial charge in [-0.1, -0.05) is 20.8 Å². The van der Waals surface area contributed by atoms with Gasteiger partial charge in [-0.25, -0.2) is 4.79 Å². The number of nitrogens with zero attached hydrogens (tertiary/aromatic N) is 1. The topological polar surface area (TPSA) is 166 Å². The molecule has 2 heterocycles. The van der Waals surface area contributed by atoms with Crippen LogP contribution < -0.4 is 30.8 Å². The minimum Gasteiger partial charge on any atom is -0.809 e. The number of rotatable bonds is 11. The van der Waals surface area contributed by atoms with Crippen LogP contribution in [0.5, 0.6) is 0 Å². The van der Waals surface area contributed by atoms with E-state index >= 15 is 0 Å². The van der Waals surface area contributed by atoms with Gasteiger partial charge in [-0.2, -0.15) is 0 Å². The lowest BCUT2D eigenvalue weighted by Crippen LogP contribution is -3.11. The van der Waals surface area contributed by atoms with Crippen molar-refractivity contribution in [2.24, 2.45) is 0 Å². The Morgan fingerprint density at radius 2 is 1.48 bits per heavy atom. The predicted octanol–water partition coefficient (Wildman–Crippen LogP) is -0.383. The highest BCUT2D eigenvalue weighted by molar-refractivity contribution is 7.49. The maximum atomic E-state index is 12.2. The van der Waals surface area contributed by atoms with Crippen LogP contribution in [-0.2, 0) is 13.7 Å². The van der Waals surface area contributed by atoms with E-state index in [4.69, 9.17) is 9.16 Å². The van der Waals surface area contributed by atoms with Gasteiger partial charge in [0.05, 0.1) is 45.4 Å². The number of nitrogens with one attached hydrogen (secondary N) is 3. The van der Waals surface area contributed by atoms with E-state index in [9.17, 15) is 29.0 Å². The van der Waals surface area contributed by atoms with Gasteiger partial charge in [-0.3, -0.25) is 14.3 Å². The van der Waals surface area contributed by atoms with Gasteiger partial charge in [-0.15, -0.1) is 0 Å². The van der Waals surface area contributed by atoms with Crippen molar-refractivity contribution in [2.75, 3.05) is 39.3 Å². The maximum Gasteiger partial charge on any atom is 0.330 e. The van der Waals surface area contributed by atoms with E-state index in [1.165, 1.54) is 52.4 Å². The molecule has 248 valence electrons. The molecule has 0 saturated carbocycles. The summed E-state index contributed by atoms with van der Waals surface area (Å²) < 4.78 is 24.3. The first-order valence-corrected chi connectivity index (χ1v) is 19.8. The van der Waals surface area contributed by atoms with E-state index in [1.54, 1.807) is 9.80 Å². The average molecular weight is 639 g/mol. The fourth-order valence-electron chi connectivity index (χ4n) is 4.25. The van der Waals surface area contributed by atoms with Gasteiger partial charge in [0.25, 0.3) is 5.56 Å². The third-order valence-electron chi connectivity index (χ3n) is 8.44. The van der Waals surface area contributed by atoms with Crippen molar-refractivity contribution in [2.45, 2.75) is 118 Å². The third kappa shape index (κ3) is 12.5. The molecule has 0 aliphatic carbocycles. The Balaban J connectivity index is 0.000000990. The van der Waals surface area contributed by atoms with E-state index in [2.05, 4.69) is 46.5 Å². The normalized spacial score (nSPS) is 20.2. The van der Waals surface area contributed by atoms with Crippen molar-refractivity contribution in [3.8, 4) is 0 Å². The molecule has 4 N–H and O–H groups in total. The summed E-state index contributed by atoms with van der Waals surface area (Å²) in [6.45, 7) is 32.3. The largest absolute Gasteiger partial charge is 0.809 e. The number of quaternary nitrogens is 2. The first kappa shape index (κ1) is 40.8. The van der Waals surface area contributed by atoms with Crippen LogP contribution in [0.2, 0.25) is 18.1 Å². The van der Waals surface area contributed by atoms with Gasteiger partial charge in [-0.05, 0) is 74.2 Å². The Bertz CT molecular complexity index is 1050. The molecule has 1 unspecified atom stereocenters. The fourth-order valence-corrected chi connectivity index (χ4v) is 6.21. The number of hydrogen-bond acceptors (Lipinski definition) is 8. The lowest BCUT2D eigenvalue weighted by molar-refractivity contribution is -0.894. The molecule has 0 bridgehead atoms. The van der Waals surface area contributed by atoms with E-state index in [-0.39, 0.29) is 17.0 Å². The lowest BCUT2D eigenvalue weighted by atomic mass is 10.2. The molecule has 0 spiro atoms. The molecule has 1 aromatic rings. The van der Waals surface area contributed by atoms with Gasteiger partial charge in [0, 0.05) is 18.2 Å². The van der Waals surface area contributed by atoms with E-state index in [0.29, 0.717) is 0 Å². The Kier molecular flexibility index (Phi) is 17.5. The minimum absolute atomic E-state index is 0.0413. The number of aliphatic hydroxyl groups excluding tert-OH is 1. The van der Waals surface area contributed by atoms with Crippen LogP contribution in [0.4, 0.5) is 0 Å². The standard InChI is InChI=1S/C16H29N2O8PSi.2C6H15N/c1-9-8-18(15(21)17-13(9)19)11-7-10(26-28(5,6)16(2,3)4)12(25-11)14(20)27(22,23)24;2*1-4-7(5-2)6-3/h8,10-12,14,20H,7H2,1-6H3,(H,17,19,21)(H2,22,23,24);2*4-6H2,1-3H3/t10-,11+,12-,14?;;/m0../s1. The summed E-state index contributed by atoms with van der Waals surface area (Å²) in [6, 6.07) is 0. The molecule has 12 nitrogen and oxygen atoms in total. The molecule has 1 fully saturated rings. The van der Waals surface area contributed by atoms with Crippen molar-refractivity contribution < 1.29 is 38.4 Å². The Morgan fingerprint density at radius 3 is 1.81 bits per heavy atom. The molecule has 1 saturated heterocycles. The van der Waals surface area contributed by atoms with Crippen molar-refractivity contribution in [3.05, 3.63) is 32.6 Å². The number of hydrogen-bond donors (Lipinski definition) is 4. The molecule has 42 heavy (non-hydrogen) atoms. The number of aromatic nitrogens is 2. The zero-order valence-electron chi connectivity index (χ0n) is 28.0. The highest BCUT2D eigenvalue weighted by Crippen LogP contribution is 2.45. The minimum atomic E-state index is -5.38. The van der Waals surface area contributed by atoms with Gasteiger partial charge < -0.3 is 38.4 Å². The number of ether oxygens (including phenoxy) is 1. The monoisotopic (exact) mass is 638 g/mol. The molecule has 2 rings (SSSR count). The summed E-state index contributed by atoms with van der Waals surface area (Å²) in [7, 11) is -7.79. The third-order valence-corrected chi connectivity index (χ3v) is 13.9. The summed E-state index contributed by atoms with van der Waals surface area (Å²) in [5.74, 6) is -2.31. The van der Waals surface area contributed by atoms with Crippen LogP contribution >= 0.6 is 7.60 Å². The number of H-pyrrole nitrogens is 1. The molecule has 14 heteroatoms. The van der Waals surface area contributed by atoms with Crippen molar-refractivity contribution in [1.82, 2.24) is 9.55 Å². The predicted molar refractivity (Wildman–Crippen MR) is 165 cm³/mol. The van der Waals surface area contributed by atoms with Crippen LogP contribution in [0.1, 0.15) is 80.5 Å². The van der Waals surface area contributed by atoms with Crippen molar-refractivity contribution >= 4 is 15.9 Å². The second kappa shape index (κ2) is 18.0. The second-order valence-corrected chi connectivity index (χ2v) is 18.6. The maximum absolute atomic E-state index is 12.2. The zero-order valence-corrected chi connectivity index (χ0v) is 29.9. The Hall–Kier alpha value is -1.15.